The zero-order chi connectivity index (χ0) is 18.7. The van der Waals surface area contributed by atoms with Gasteiger partial charge in [0.05, 0.1) is 0 Å². The fourth-order valence-electron chi connectivity index (χ4n) is 2.70. The van der Waals surface area contributed by atoms with Crippen LogP contribution in [0.1, 0.15) is 42.6 Å². The molecule has 0 unspecified atom stereocenters. The maximum atomic E-state index is 12.4. The van der Waals surface area contributed by atoms with E-state index in [0.29, 0.717) is 17.1 Å². The van der Waals surface area contributed by atoms with Gasteiger partial charge in [-0.05, 0) is 54.8 Å². The molecule has 2 aromatic rings. The molecule has 1 aliphatic rings. The number of anilines is 1. The number of nitrogens with one attached hydrogen (secondary N) is 2. The highest BCUT2D eigenvalue weighted by molar-refractivity contribution is 6.30. The molecule has 4 nitrogen and oxygen atoms in total. The smallest absolute Gasteiger partial charge is 0.251 e. The van der Waals surface area contributed by atoms with Gasteiger partial charge in [-0.1, -0.05) is 37.6 Å². The Labute approximate surface area is 158 Å². The molecule has 26 heavy (non-hydrogen) atoms. The summed E-state index contributed by atoms with van der Waals surface area (Å²) in [5.41, 5.74) is 2.19. The van der Waals surface area contributed by atoms with Crippen LogP contribution in [0.4, 0.5) is 5.69 Å². The zero-order valence-electron chi connectivity index (χ0n) is 15.0. The highest BCUT2D eigenvalue weighted by Crippen LogP contribution is 2.30. The van der Waals surface area contributed by atoms with Crippen LogP contribution in [0.15, 0.2) is 48.5 Å². The molecule has 0 aliphatic heterocycles. The van der Waals surface area contributed by atoms with E-state index in [-0.39, 0.29) is 23.1 Å². The van der Waals surface area contributed by atoms with Crippen molar-refractivity contribution >= 4 is 29.1 Å². The summed E-state index contributed by atoms with van der Waals surface area (Å²) in [5.74, 6) is 0.0899. The molecule has 2 aromatic carbocycles. The Balaban J connectivity index is 1.57. The lowest BCUT2D eigenvalue weighted by molar-refractivity contribution is -0.117. The van der Waals surface area contributed by atoms with Crippen molar-refractivity contribution in [3.63, 3.8) is 0 Å². The molecular weight excluding hydrogens is 348 g/mol. The van der Waals surface area contributed by atoms with E-state index in [0.717, 1.165) is 24.1 Å². The Morgan fingerprint density at radius 3 is 2.23 bits per heavy atom. The summed E-state index contributed by atoms with van der Waals surface area (Å²) < 4.78 is 0. The molecule has 1 aliphatic carbocycles. The molecule has 5 heteroatoms. The summed E-state index contributed by atoms with van der Waals surface area (Å²) in [6.45, 7) is 4.66. The van der Waals surface area contributed by atoms with Crippen LogP contribution in [0.25, 0.3) is 0 Å². The molecule has 2 amide bonds. The van der Waals surface area contributed by atoms with Crippen molar-refractivity contribution in [3.8, 4) is 0 Å². The van der Waals surface area contributed by atoms with E-state index in [2.05, 4.69) is 24.5 Å². The molecule has 0 atom stereocenters. The molecule has 0 heterocycles. The number of hydrogen-bond acceptors (Lipinski definition) is 2. The Hall–Kier alpha value is -2.33. The van der Waals surface area contributed by atoms with E-state index in [9.17, 15) is 9.59 Å². The van der Waals surface area contributed by atoms with Gasteiger partial charge in [-0.2, -0.15) is 0 Å². The number of carbonyl (C=O) groups is 2. The number of hydrogen-bond donors (Lipinski definition) is 2. The van der Waals surface area contributed by atoms with Gasteiger partial charge in [0.25, 0.3) is 5.91 Å². The number of benzene rings is 2. The van der Waals surface area contributed by atoms with Gasteiger partial charge >= 0.3 is 0 Å². The molecule has 1 fully saturated rings. The zero-order valence-corrected chi connectivity index (χ0v) is 15.8. The fourth-order valence-corrected chi connectivity index (χ4v) is 2.83. The Morgan fingerprint density at radius 1 is 1.04 bits per heavy atom. The van der Waals surface area contributed by atoms with E-state index in [1.165, 1.54) is 0 Å². The first-order chi connectivity index (χ1) is 12.3. The van der Waals surface area contributed by atoms with Crippen molar-refractivity contribution < 1.29 is 9.59 Å². The molecule has 2 N–H and O–H groups in total. The molecule has 3 rings (SSSR count). The van der Waals surface area contributed by atoms with Crippen molar-refractivity contribution in [1.29, 1.82) is 0 Å². The van der Waals surface area contributed by atoms with Gasteiger partial charge in [0.15, 0.2) is 0 Å². The quantitative estimate of drug-likeness (QED) is 0.791. The first kappa shape index (κ1) is 18.5. The minimum absolute atomic E-state index is 0.0620. The van der Waals surface area contributed by atoms with E-state index < -0.39 is 0 Å². The van der Waals surface area contributed by atoms with Crippen LogP contribution < -0.4 is 10.6 Å². The Morgan fingerprint density at radius 2 is 1.65 bits per heavy atom. The highest BCUT2D eigenvalue weighted by atomic mass is 35.5. The van der Waals surface area contributed by atoms with Crippen LogP contribution in [0.2, 0.25) is 5.02 Å². The van der Waals surface area contributed by atoms with E-state index in [4.69, 9.17) is 11.6 Å². The van der Waals surface area contributed by atoms with Gasteiger partial charge in [-0.15, -0.1) is 0 Å². The standard InChI is InChI=1S/C21H23ClN2O2/c1-21(2,16-7-9-17(22)10-8-16)13-23-19(25)14-5-11-18(12-6-14)24-20(26)15-3-4-15/h5-12,15H,3-4,13H2,1-2H3,(H,23,25)(H,24,26). The van der Waals surface area contributed by atoms with E-state index >= 15 is 0 Å². The molecular formula is C21H23ClN2O2. The lowest BCUT2D eigenvalue weighted by Gasteiger charge is -2.25. The number of amides is 2. The summed E-state index contributed by atoms with van der Waals surface area (Å²) in [4.78, 5) is 24.2. The normalized spacial score (nSPS) is 14.0. The molecule has 1 saturated carbocycles. The Bertz CT molecular complexity index is 794. The molecule has 0 aromatic heterocycles. The lowest BCUT2D eigenvalue weighted by atomic mass is 9.84. The van der Waals surface area contributed by atoms with Gasteiger partial charge in [0.2, 0.25) is 5.91 Å². The average molecular weight is 371 g/mol. The second-order valence-electron chi connectivity index (χ2n) is 7.41. The number of rotatable bonds is 6. The molecule has 136 valence electrons. The van der Waals surface area contributed by atoms with Crippen molar-refractivity contribution in [1.82, 2.24) is 5.32 Å². The predicted octanol–water partition coefficient (Wildman–Crippen LogP) is 4.40. The third-order valence-electron chi connectivity index (χ3n) is 4.68. The first-order valence-electron chi connectivity index (χ1n) is 8.80. The maximum absolute atomic E-state index is 12.4. The van der Waals surface area contributed by atoms with Gasteiger partial charge in [0.1, 0.15) is 0 Å². The molecule has 0 spiro atoms. The molecule has 0 radical (unpaired) electrons. The van der Waals surface area contributed by atoms with Crippen molar-refractivity contribution in [3.05, 3.63) is 64.7 Å². The van der Waals surface area contributed by atoms with Gasteiger partial charge in [-0.25, -0.2) is 0 Å². The van der Waals surface area contributed by atoms with Gasteiger partial charge in [0, 0.05) is 34.2 Å². The van der Waals surface area contributed by atoms with E-state index in [1.54, 1.807) is 24.3 Å². The SMILES string of the molecule is CC(C)(CNC(=O)c1ccc(NC(=O)C2CC2)cc1)c1ccc(Cl)cc1. The lowest BCUT2D eigenvalue weighted by Crippen LogP contribution is -2.36. The van der Waals surface area contributed by atoms with Gasteiger partial charge < -0.3 is 10.6 Å². The summed E-state index contributed by atoms with van der Waals surface area (Å²) in [6, 6.07) is 14.7. The first-order valence-corrected chi connectivity index (χ1v) is 9.18. The van der Waals surface area contributed by atoms with Crippen LogP contribution in [-0.2, 0) is 10.2 Å². The third-order valence-corrected chi connectivity index (χ3v) is 4.93. The second-order valence-corrected chi connectivity index (χ2v) is 7.85. The topological polar surface area (TPSA) is 58.2 Å². The fraction of sp³-hybridized carbons (Fsp3) is 0.333. The minimum atomic E-state index is -0.210. The average Bonchev–Trinajstić information content (AvgIpc) is 3.46. The predicted molar refractivity (Wildman–Crippen MR) is 105 cm³/mol. The summed E-state index contributed by atoms with van der Waals surface area (Å²) in [7, 11) is 0. The number of carbonyl (C=O) groups excluding carboxylic acids is 2. The van der Waals surface area contributed by atoms with Crippen molar-refractivity contribution in [2.24, 2.45) is 5.92 Å². The number of halogens is 1. The van der Waals surface area contributed by atoms with E-state index in [1.807, 2.05) is 24.3 Å². The Kier molecular flexibility index (Phi) is 5.33. The van der Waals surface area contributed by atoms with Crippen LogP contribution >= 0.6 is 11.6 Å². The van der Waals surface area contributed by atoms with Crippen molar-refractivity contribution in [2.45, 2.75) is 32.1 Å². The van der Waals surface area contributed by atoms with Crippen LogP contribution in [0.5, 0.6) is 0 Å². The van der Waals surface area contributed by atoms with Gasteiger partial charge in [-0.3, -0.25) is 9.59 Å². The maximum Gasteiger partial charge on any atom is 0.251 e. The third kappa shape index (κ3) is 4.64. The van der Waals surface area contributed by atoms with Crippen LogP contribution in [0, 0.1) is 5.92 Å². The molecule has 0 saturated heterocycles. The highest BCUT2D eigenvalue weighted by Gasteiger charge is 2.29. The summed E-state index contributed by atoms with van der Waals surface area (Å²) >= 11 is 5.94. The summed E-state index contributed by atoms with van der Waals surface area (Å²) in [6.07, 6.45) is 1.94. The minimum Gasteiger partial charge on any atom is -0.351 e. The second kappa shape index (κ2) is 7.50. The van der Waals surface area contributed by atoms with Crippen LogP contribution in [0.3, 0.4) is 0 Å². The molecule has 0 bridgehead atoms. The van der Waals surface area contributed by atoms with Crippen LogP contribution in [-0.4, -0.2) is 18.4 Å². The largest absolute Gasteiger partial charge is 0.351 e. The summed E-state index contributed by atoms with van der Waals surface area (Å²) in [5, 5.41) is 6.55. The monoisotopic (exact) mass is 370 g/mol. The van der Waals surface area contributed by atoms with Crippen molar-refractivity contribution in [2.75, 3.05) is 11.9 Å².